The van der Waals surface area contributed by atoms with Crippen LogP contribution in [0.15, 0.2) is 54.6 Å². The van der Waals surface area contributed by atoms with E-state index >= 15 is 0 Å². The predicted molar refractivity (Wildman–Crippen MR) is 118 cm³/mol. The van der Waals surface area contributed by atoms with E-state index in [1.807, 2.05) is 24.3 Å². The Balaban J connectivity index is 1.72. The zero-order chi connectivity index (χ0) is 19.9. The molecule has 2 aromatic rings. The molecule has 1 aliphatic heterocycles. The highest BCUT2D eigenvalue weighted by Crippen LogP contribution is 2.23. The Labute approximate surface area is 173 Å². The number of rotatable bonds is 6. The van der Waals surface area contributed by atoms with Crippen molar-refractivity contribution in [1.29, 1.82) is 0 Å². The number of hydrogen-bond acceptors (Lipinski definition) is 2. The molecular formula is C22H32N4OS+2. The first-order chi connectivity index (χ1) is 13.6. The number of ether oxygens (including phenoxy) is 1. The number of methoxy groups -OCH3 is 1. The third kappa shape index (κ3) is 5.22. The highest BCUT2D eigenvalue weighted by molar-refractivity contribution is 7.80. The van der Waals surface area contributed by atoms with Gasteiger partial charge in [-0.3, -0.25) is 0 Å². The van der Waals surface area contributed by atoms with Crippen molar-refractivity contribution in [3.63, 3.8) is 0 Å². The molecular weight excluding hydrogens is 368 g/mol. The monoisotopic (exact) mass is 400 g/mol. The molecule has 28 heavy (non-hydrogen) atoms. The normalized spacial score (nSPS) is 21.4. The van der Waals surface area contributed by atoms with E-state index in [9.17, 15) is 0 Å². The van der Waals surface area contributed by atoms with Gasteiger partial charge in [0, 0.05) is 5.56 Å². The van der Waals surface area contributed by atoms with Crippen molar-refractivity contribution in [2.75, 3.05) is 45.7 Å². The van der Waals surface area contributed by atoms with Crippen LogP contribution in [0.25, 0.3) is 0 Å². The molecule has 4 N–H and O–H groups in total. The van der Waals surface area contributed by atoms with E-state index in [-0.39, 0.29) is 6.04 Å². The van der Waals surface area contributed by atoms with Crippen molar-refractivity contribution in [3.05, 3.63) is 60.2 Å². The lowest BCUT2D eigenvalue weighted by Gasteiger charge is -2.37. The summed E-state index contributed by atoms with van der Waals surface area (Å²) in [5, 5.41) is 7.44. The molecule has 1 heterocycles. The zero-order valence-electron chi connectivity index (χ0n) is 17.0. The molecule has 0 amide bonds. The maximum absolute atomic E-state index is 5.62. The van der Waals surface area contributed by atoms with Crippen molar-refractivity contribution in [2.45, 2.75) is 19.0 Å². The molecule has 6 heteroatoms. The molecule has 0 spiro atoms. The highest BCUT2D eigenvalue weighted by atomic mass is 32.1. The fourth-order valence-corrected chi connectivity index (χ4v) is 4.34. The summed E-state index contributed by atoms with van der Waals surface area (Å²) in [6.07, 6.45) is 0. The van der Waals surface area contributed by atoms with Crippen molar-refractivity contribution in [3.8, 4) is 5.75 Å². The van der Waals surface area contributed by atoms with Gasteiger partial charge in [0.2, 0.25) is 0 Å². The van der Waals surface area contributed by atoms with Crippen LogP contribution in [0.3, 0.4) is 0 Å². The van der Waals surface area contributed by atoms with Crippen molar-refractivity contribution < 1.29 is 14.5 Å². The topological polar surface area (TPSA) is 42.2 Å². The second kappa shape index (κ2) is 9.87. The number of nitrogens with one attached hydrogen (secondary N) is 4. The van der Waals surface area contributed by atoms with E-state index in [4.69, 9.17) is 17.0 Å². The molecule has 0 aliphatic carbocycles. The molecule has 0 radical (unpaired) electrons. The van der Waals surface area contributed by atoms with E-state index in [2.05, 4.69) is 54.9 Å². The van der Waals surface area contributed by atoms with Gasteiger partial charge in [0.25, 0.3) is 0 Å². The van der Waals surface area contributed by atoms with Gasteiger partial charge >= 0.3 is 0 Å². The van der Waals surface area contributed by atoms with E-state index < -0.39 is 0 Å². The summed E-state index contributed by atoms with van der Waals surface area (Å²) in [6.45, 7) is 6.98. The molecule has 0 aromatic heterocycles. The van der Waals surface area contributed by atoms with Crippen LogP contribution in [0.4, 0.5) is 5.69 Å². The Morgan fingerprint density at radius 2 is 1.64 bits per heavy atom. The van der Waals surface area contributed by atoms with E-state index in [1.54, 1.807) is 16.9 Å². The van der Waals surface area contributed by atoms with E-state index in [0.29, 0.717) is 11.2 Å². The van der Waals surface area contributed by atoms with Crippen LogP contribution < -0.4 is 25.2 Å². The van der Waals surface area contributed by atoms with E-state index in [1.165, 1.54) is 31.7 Å². The fourth-order valence-electron chi connectivity index (χ4n) is 4.04. The van der Waals surface area contributed by atoms with Crippen molar-refractivity contribution in [1.82, 2.24) is 5.32 Å². The maximum Gasteiger partial charge on any atom is 0.171 e. The van der Waals surface area contributed by atoms with Crippen molar-refractivity contribution in [2.24, 2.45) is 0 Å². The molecule has 1 fully saturated rings. The van der Waals surface area contributed by atoms with Gasteiger partial charge < -0.3 is 25.2 Å². The fraction of sp³-hybridized carbons (Fsp3) is 0.409. The standard InChI is InChI=1S/C22H30N4OS/c1-17(23-22(28)24-19-11-7-8-12-20(19)27-3)21(18-9-5-4-6-10-18)26-15-13-25(2)14-16-26/h4-12,17,21H,13-16H2,1-3H3,(H2,23,24,28)/p+2/t17-,21-/m0/s1. The number of hydrogen-bond donors (Lipinski definition) is 4. The SMILES string of the molecule is COc1ccccc1NC(=S)N[C@@H](C)[C@@H](c1ccccc1)[NH+]1CC[NH+](C)CC1. The molecule has 2 atom stereocenters. The average Bonchev–Trinajstić information content (AvgIpc) is 2.71. The molecule has 0 unspecified atom stereocenters. The minimum Gasteiger partial charge on any atom is -0.495 e. The van der Waals surface area contributed by atoms with Crippen LogP contribution in [-0.2, 0) is 0 Å². The van der Waals surface area contributed by atoms with Crippen LogP contribution in [0.2, 0.25) is 0 Å². The van der Waals surface area contributed by atoms with E-state index in [0.717, 1.165) is 11.4 Å². The molecule has 0 bridgehead atoms. The largest absolute Gasteiger partial charge is 0.495 e. The molecule has 5 nitrogen and oxygen atoms in total. The number of benzene rings is 2. The summed E-state index contributed by atoms with van der Waals surface area (Å²) >= 11 is 5.62. The average molecular weight is 401 g/mol. The van der Waals surface area contributed by atoms with Crippen LogP contribution >= 0.6 is 12.2 Å². The molecule has 1 aliphatic rings. The summed E-state index contributed by atoms with van der Waals surface area (Å²) in [6, 6.07) is 19.2. The van der Waals surface area contributed by atoms with Crippen LogP contribution in [-0.4, -0.2) is 51.5 Å². The Kier molecular flexibility index (Phi) is 7.25. The molecule has 2 aromatic carbocycles. The van der Waals surface area contributed by atoms with Gasteiger partial charge in [-0.2, -0.15) is 0 Å². The molecule has 3 rings (SSSR count). The van der Waals surface area contributed by atoms with Crippen LogP contribution in [0, 0.1) is 0 Å². The minimum absolute atomic E-state index is 0.200. The zero-order valence-corrected chi connectivity index (χ0v) is 17.8. The summed E-state index contributed by atoms with van der Waals surface area (Å²) in [5.41, 5.74) is 2.23. The first-order valence-electron chi connectivity index (χ1n) is 10.00. The molecule has 150 valence electrons. The summed E-state index contributed by atoms with van der Waals surface area (Å²) in [5.74, 6) is 0.784. The van der Waals surface area contributed by atoms with Crippen LogP contribution in [0.5, 0.6) is 5.75 Å². The van der Waals surface area contributed by atoms with Gasteiger partial charge in [-0.15, -0.1) is 0 Å². The number of piperazine rings is 1. The second-order valence-electron chi connectivity index (χ2n) is 7.59. The van der Waals surface area contributed by atoms with Gasteiger partial charge in [-0.1, -0.05) is 42.5 Å². The third-order valence-electron chi connectivity index (χ3n) is 5.56. The Hall–Kier alpha value is -2.15. The lowest BCUT2D eigenvalue weighted by molar-refractivity contribution is -1.02. The lowest BCUT2D eigenvalue weighted by Crippen LogP contribution is -3.27. The van der Waals surface area contributed by atoms with Gasteiger partial charge in [-0.25, -0.2) is 0 Å². The number of anilines is 1. The molecule has 0 saturated carbocycles. The van der Waals surface area contributed by atoms with Gasteiger partial charge in [0.15, 0.2) is 5.11 Å². The summed E-state index contributed by atoms with van der Waals surface area (Å²) in [7, 11) is 3.95. The lowest BCUT2D eigenvalue weighted by atomic mass is 9.98. The Bertz CT molecular complexity index is 762. The minimum atomic E-state index is 0.200. The number of quaternary nitrogens is 2. The van der Waals surface area contributed by atoms with Crippen LogP contribution in [0.1, 0.15) is 18.5 Å². The smallest absolute Gasteiger partial charge is 0.171 e. The van der Waals surface area contributed by atoms with Gasteiger partial charge in [0.1, 0.15) is 38.0 Å². The number of likely N-dealkylation sites (N-methyl/N-ethyl adjacent to an activating group) is 1. The van der Waals surface area contributed by atoms with Gasteiger partial charge in [-0.05, 0) is 31.3 Å². The third-order valence-corrected chi connectivity index (χ3v) is 5.78. The number of thiocarbonyl (C=S) groups is 1. The summed E-state index contributed by atoms with van der Waals surface area (Å²) in [4.78, 5) is 3.24. The van der Waals surface area contributed by atoms with Gasteiger partial charge in [0.05, 0.1) is 25.9 Å². The molecule has 1 saturated heterocycles. The maximum atomic E-state index is 5.62. The second-order valence-corrected chi connectivity index (χ2v) is 8.00. The number of para-hydroxylation sites is 2. The Morgan fingerprint density at radius 1 is 1.00 bits per heavy atom. The predicted octanol–water partition coefficient (Wildman–Crippen LogP) is 0.525. The van der Waals surface area contributed by atoms with Crippen molar-refractivity contribution >= 4 is 23.0 Å². The highest BCUT2D eigenvalue weighted by Gasteiger charge is 2.33. The first kappa shape index (κ1) is 20.6. The quantitative estimate of drug-likeness (QED) is 0.534. The Morgan fingerprint density at radius 3 is 2.32 bits per heavy atom. The first-order valence-corrected chi connectivity index (χ1v) is 10.4. The summed E-state index contributed by atoms with van der Waals surface area (Å²) < 4.78 is 5.42.